The lowest BCUT2D eigenvalue weighted by Gasteiger charge is -2.36. The zero-order chi connectivity index (χ0) is 22.2. The second-order valence-corrected chi connectivity index (χ2v) is 6.78. The highest BCUT2D eigenvalue weighted by Gasteiger charge is 2.25. The highest BCUT2D eigenvalue weighted by Crippen LogP contribution is 2.27. The summed E-state index contributed by atoms with van der Waals surface area (Å²) in [4.78, 5) is 20.8. The Balaban J connectivity index is 0.00000363. The average molecular weight is 564 g/mol. The number of amides is 1. The maximum atomic E-state index is 12.8. The van der Waals surface area contributed by atoms with Crippen molar-refractivity contribution in [2.24, 2.45) is 4.99 Å². The SMILES string of the molecule is CCNC(=NCc1ccc(OC)cc1OC(F)F)N1CCN(C(=O)c2ccco2)CC1.I. The van der Waals surface area contributed by atoms with Crippen molar-refractivity contribution in [3.8, 4) is 11.5 Å². The lowest BCUT2D eigenvalue weighted by Crippen LogP contribution is -2.53. The minimum absolute atomic E-state index is 0. The molecule has 0 unspecified atom stereocenters. The van der Waals surface area contributed by atoms with Gasteiger partial charge in [0.1, 0.15) is 11.5 Å². The van der Waals surface area contributed by atoms with Crippen LogP contribution in [0.5, 0.6) is 11.5 Å². The molecule has 0 atom stereocenters. The third-order valence-electron chi connectivity index (χ3n) is 4.82. The smallest absolute Gasteiger partial charge is 0.387 e. The third kappa shape index (κ3) is 6.71. The first-order chi connectivity index (χ1) is 15.0. The van der Waals surface area contributed by atoms with Gasteiger partial charge in [-0.15, -0.1) is 24.0 Å². The molecule has 0 aliphatic carbocycles. The van der Waals surface area contributed by atoms with Gasteiger partial charge in [-0.3, -0.25) is 4.79 Å². The Morgan fingerprint density at radius 2 is 1.94 bits per heavy atom. The molecule has 2 aromatic rings. The summed E-state index contributed by atoms with van der Waals surface area (Å²) in [5.74, 6) is 1.28. The number of hydrogen-bond donors (Lipinski definition) is 1. The summed E-state index contributed by atoms with van der Waals surface area (Å²) in [6.45, 7) is 2.02. The van der Waals surface area contributed by atoms with E-state index in [1.165, 1.54) is 19.4 Å². The first kappa shape index (κ1) is 25.7. The number of furan rings is 1. The normalized spacial score (nSPS) is 14.2. The van der Waals surface area contributed by atoms with Crippen LogP contribution in [-0.4, -0.2) is 68.1 Å². The van der Waals surface area contributed by atoms with Crippen molar-refractivity contribution in [3.05, 3.63) is 47.9 Å². The molecule has 0 saturated carbocycles. The topological polar surface area (TPSA) is 79.5 Å². The van der Waals surface area contributed by atoms with E-state index in [4.69, 9.17) is 9.15 Å². The largest absolute Gasteiger partial charge is 0.497 e. The Hall–Kier alpha value is -2.57. The third-order valence-corrected chi connectivity index (χ3v) is 4.82. The molecule has 11 heteroatoms. The average Bonchev–Trinajstić information content (AvgIpc) is 3.31. The van der Waals surface area contributed by atoms with Gasteiger partial charge in [-0.05, 0) is 31.2 Å². The summed E-state index contributed by atoms with van der Waals surface area (Å²) in [5.41, 5.74) is 0.517. The number of ether oxygens (including phenoxy) is 2. The van der Waals surface area contributed by atoms with Gasteiger partial charge in [-0.25, -0.2) is 4.99 Å². The highest BCUT2D eigenvalue weighted by atomic mass is 127. The summed E-state index contributed by atoms with van der Waals surface area (Å²) in [5, 5.41) is 3.22. The van der Waals surface area contributed by atoms with E-state index in [1.807, 2.05) is 11.8 Å². The number of benzene rings is 1. The molecular formula is C21H27F2IN4O4. The van der Waals surface area contributed by atoms with E-state index >= 15 is 0 Å². The number of nitrogens with zero attached hydrogens (tertiary/aromatic N) is 3. The van der Waals surface area contributed by atoms with Crippen molar-refractivity contribution in [2.45, 2.75) is 20.1 Å². The lowest BCUT2D eigenvalue weighted by molar-refractivity contribution is -0.0505. The van der Waals surface area contributed by atoms with Gasteiger partial charge < -0.3 is 29.0 Å². The first-order valence-electron chi connectivity index (χ1n) is 9.99. The van der Waals surface area contributed by atoms with Crippen molar-refractivity contribution in [1.29, 1.82) is 0 Å². The number of rotatable bonds is 7. The van der Waals surface area contributed by atoms with Crippen LogP contribution >= 0.6 is 24.0 Å². The van der Waals surface area contributed by atoms with Crippen molar-refractivity contribution in [3.63, 3.8) is 0 Å². The molecule has 3 rings (SSSR count). The standard InChI is InChI=1S/C21H26F2N4O4.HI/c1-3-24-21(25-14-15-6-7-16(29-2)13-18(15)31-20(22)23)27-10-8-26(9-11-27)19(28)17-5-4-12-30-17;/h4-7,12-13,20H,3,8-11,14H2,1-2H3,(H,24,25);1H. The number of carbonyl (C=O) groups excluding carboxylic acids is 1. The highest BCUT2D eigenvalue weighted by molar-refractivity contribution is 14.0. The molecule has 2 heterocycles. The summed E-state index contributed by atoms with van der Waals surface area (Å²) >= 11 is 0. The number of piperazine rings is 1. The van der Waals surface area contributed by atoms with E-state index < -0.39 is 6.61 Å². The summed E-state index contributed by atoms with van der Waals surface area (Å²) in [6.07, 6.45) is 1.48. The van der Waals surface area contributed by atoms with E-state index in [0.717, 1.165) is 0 Å². The van der Waals surface area contributed by atoms with Gasteiger partial charge in [0, 0.05) is 44.4 Å². The number of methoxy groups -OCH3 is 1. The fourth-order valence-electron chi connectivity index (χ4n) is 3.26. The van der Waals surface area contributed by atoms with Crippen molar-refractivity contribution >= 4 is 35.8 Å². The quantitative estimate of drug-likeness (QED) is 0.316. The van der Waals surface area contributed by atoms with Crippen LogP contribution in [0.3, 0.4) is 0 Å². The molecule has 0 bridgehead atoms. The molecule has 1 aliphatic rings. The number of aliphatic imine (C=N–C) groups is 1. The lowest BCUT2D eigenvalue weighted by atomic mass is 10.2. The molecule has 1 aliphatic heterocycles. The van der Waals surface area contributed by atoms with Crippen LogP contribution in [0.2, 0.25) is 0 Å². The van der Waals surface area contributed by atoms with E-state index in [1.54, 1.807) is 29.2 Å². The number of guanidine groups is 1. The Morgan fingerprint density at radius 1 is 1.22 bits per heavy atom. The molecule has 1 saturated heterocycles. The molecule has 1 amide bonds. The molecule has 0 radical (unpaired) electrons. The van der Waals surface area contributed by atoms with Crippen LogP contribution in [0.1, 0.15) is 23.0 Å². The minimum atomic E-state index is -2.94. The van der Waals surface area contributed by atoms with Gasteiger partial charge in [0.25, 0.3) is 5.91 Å². The fraction of sp³-hybridized carbons (Fsp3) is 0.429. The first-order valence-corrected chi connectivity index (χ1v) is 9.99. The zero-order valence-corrected chi connectivity index (χ0v) is 20.3. The van der Waals surface area contributed by atoms with Crippen molar-refractivity contribution < 1.29 is 27.5 Å². The number of nitrogens with one attached hydrogen (secondary N) is 1. The van der Waals surface area contributed by atoms with Crippen LogP contribution in [0.4, 0.5) is 8.78 Å². The van der Waals surface area contributed by atoms with Crippen molar-refractivity contribution in [1.82, 2.24) is 15.1 Å². The summed E-state index contributed by atoms with van der Waals surface area (Å²) < 4.78 is 40.5. The number of carbonyl (C=O) groups is 1. The maximum Gasteiger partial charge on any atom is 0.387 e. The van der Waals surface area contributed by atoms with Crippen molar-refractivity contribution in [2.75, 3.05) is 39.8 Å². The van der Waals surface area contributed by atoms with Gasteiger partial charge in [0.15, 0.2) is 11.7 Å². The molecule has 1 aromatic carbocycles. The fourth-order valence-corrected chi connectivity index (χ4v) is 3.26. The number of alkyl halides is 2. The van der Waals surface area contributed by atoms with E-state index in [0.29, 0.717) is 55.8 Å². The maximum absolute atomic E-state index is 12.8. The van der Waals surface area contributed by atoms with Crippen LogP contribution in [0.25, 0.3) is 0 Å². The monoisotopic (exact) mass is 564 g/mol. The van der Waals surface area contributed by atoms with Gasteiger partial charge in [-0.2, -0.15) is 8.78 Å². The second kappa shape index (κ2) is 12.5. The van der Waals surface area contributed by atoms with Crippen LogP contribution < -0.4 is 14.8 Å². The van der Waals surface area contributed by atoms with Crippen LogP contribution in [-0.2, 0) is 6.54 Å². The van der Waals surface area contributed by atoms with E-state index in [-0.39, 0.29) is 42.2 Å². The Morgan fingerprint density at radius 3 is 2.53 bits per heavy atom. The number of hydrogen-bond acceptors (Lipinski definition) is 5. The van der Waals surface area contributed by atoms with Crippen LogP contribution in [0.15, 0.2) is 46.0 Å². The number of halogens is 3. The summed E-state index contributed by atoms with van der Waals surface area (Å²) in [7, 11) is 1.46. The molecule has 1 aromatic heterocycles. The molecule has 32 heavy (non-hydrogen) atoms. The molecule has 1 N–H and O–H groups in total. The summed E-state index contributed by atoms with van der Waals surface area (Å²) in [6, 6.07) is 8.08. The zero-order valence-electron chi connectivity index (χ0n) is 17.9. The predicted octanol–water partition coefficient (Wildman–Crippen LogP) is 3.43. The Labute approximate surface area is 202 Å². The van der Waals surface area contributed by atoms with Crippen LogP contribution in [0, 0.1) is 0 Å². The van der Waals surface area contributed by atoms with Gasteiger partial charge in [0.05, 0.1) is 19.9 Å². The second-order valence-electron chi connectivity index (χ2n) is 6.78. The molecule has 1 fully saturated rings. The van der Waals surface area contributed by atoms with Gasteiger partial charge >= 0.3 is 6.61 Å². The Kier molecular flexibility index (Phi) is 10.0. The molecule has 176 valence electrons. The Bertz CT molecular complexity index is 888. The van der Waals surface area contributed by atoms with Gasteiger partial charge in [-0.1, -0.05) is 0 Å². The van der Waals surface area contributed by atoms with E-state index in [2.05, 4.69) is 15.0 Å². The molecule has 0 spiro atoms. The predicted molar refractivity (Wildman–Crippen MR) is 126 cm³/mol. The molecule has 8 nitrogen and oxygen atoms in total. The van der Waals surface area contributed by atoms with Gasteiger partial charge in [0.2, 0.25) is 0 Å². The van der Waals surface area contributed by atoms with E-state index in [9.17, 15) is 13.6 Å². The minimum Gasteiger partial charge on any atom is -0.497 e. The molecular weight excluding hydrogens is 537 g/mol.